The van der Waals surface area contributed by atoms with Gasteiger partial charge in [0, 0.05) is 17.8 Å². The highest BCUT2D eigenvalue weighted by Crippen LogP contribution is 2.24. The lowest BCUT2D eigenvalue weighted by atomic mass is 10.2. The molecule has 0 aliphatic heterocycles. The highest BCUT2D eigenvalue weighted by Gasteiger charge is 2.12. The average molecular weight is 288 g/mol. The summed E-state index contributed by atoms with van der Waals surface area (Å²) in [6.45, 7) is 2.61. The average Bonchev–Trinajstić information content (AvgIpc) is 2.84. The molecular formula is C14H13FN4S. The van der Waals surface area contributed by atoms with Gasteiger partial charge in [0.2, 0.25) is 0 Å². The molecule has 0 bridgehead atoms. The van der Waals surface area contributed by atoms with E-state index >= 15 is 0 Å². The predicted octanol–water partition coefficient (Wildman–Crippen LogP) is 3.17. The van der Waals surface area contributed by atoms with E-state index in [0.29, 0.717) is 23.3 Å². The molecule has 0 fully saturated rings. The van der Waals surface area contributed by atoms with Gasteiger partial charge in [-0.05, 0) is 19.1 Å². The number of halogens is 1. The largest absolute Gasteiger partial charge is 0.353 e. The number of benzene rings is 1. The lowest BCUT2D eigenvalue weighted by molar-refractivity contribution is 0.636. The van der Waals surface area contributed by atoms with Crippen molar-refractivity contribution >= 4 is 28.1 Å². The molecule has 0 radical (unpaired) electrons. The maximum Gasteiger partial charge on any atom is 0.149 e. The number of aryl methyl sites for hydroxylation is 1. The smallest absolute Gasteiger partial charge is 0.149 e. The molecule has 4 nitrogen and oxygen atoms in total. The summed E-state index contributed by atoms with van der Waals surface area (Å²) in [5.41, 5.74) is 1.33. The molecule has 0 aliphatic rings. The topological polar surface area (TPSA) is 41.9 Å². The van der Waals surface area contributed by atoms with Crippen molar-refractivity contribution in [3.05, 3.63) is 46.4 Å². The summed E-state index contributed by atoms with van der Waals surface area (Å²) in [6, 6.07) is 4.91. The zero-order valence-electron chi connectivity index (χ0n) is 11.2. The van der Waals surface area contributed by atoms with Crippen molar-refractivity contribution in [3.63, 3.8) is 0 Å². The molecule has 6 heteroatoms. The third-order valence-corrected chi connectivity index (χ3v) is 3.84. The van der Waals surface area contributed by atoms with Crippen LogP contribution < -0.4 is 4.90 Å². The lowest BCUT2D eigenvalue weighted by Crippen LogP contribution is -2.18. The summed E-state index contributed by atoms with van der Waals surface area (Å²) in [5, 5.41) is 3.77. The summed E-state index contributed by atoms with van der Waals surface area (Å²) in [4.78, 5) is 14.7. The van der Waals surface area contributed by atoms with Gasteiger partial charge < -0.3 is 4.90 Å². The van der Waals surface area contributed by atoms with Gasteiger partial charge in [0.15, 0.2) is 0 Å². The van der Waals surface area contributed by atoms with Gasteiger partial charge in [-0.3, -0.25) is 0 Å². The molecule has 0 aliphatic carbocycles. The van der Waals surface area contributed by atoms with Gasteiger partial charge in [-0.2, -0.15) is 0 Å². The third kappa shape index (κ3) is 2.34. The normalized spacial score (nSPS) is 10.9. The van der Waals surface area contributed by atoms with E-state index in [0.717, 1.165) is 10.7 Å². The molecule has 20 heavy (non-hydrogen) atoms. The minimum absolute atomic E-state index is 0.330. The Labute approximate surface area is 119 Å². The van der Waals surface area contributed by atoms with Crippen molar-refractivity contribution in [1.82, 2.24) is 15.0 Å². The van der Waals surface area contributed by atoms with Gasteiger partial charge in [0.25, 0.3) is 0 Å². The van der Waals surface area contributed by atoms with Crippen LogP contribution in [0.3, 0.4) is 0 Å². The zero-order valence-corrected chi connectivity index (χ0v) is 12.0. The molecular weight excluding hydrogens is 275 g/mol. The van der Waals surface area contributed by atoms with Gasteiger partial charge in [-0.25, -0.2) is 19.3 Å². The van der Waals surface area contributed by atoms with E-state index in [4.69, 9.17) is 0 Å². The van der Waals surface area contributed by atoms with Crippen LogP contribution in [0.25, 0.3) is 10.9 Å². The standard InChI is InChI=1S/C14H13FN4S/c1-9-18-10(7-20-9)6-19(2)14-11-4-3-5-12(15)13(11)16-8-17-14/h3-5,7-8H,6H2,1-2H3. The van der Waals surface area contributed by atoms with Crippen LogP contribution in [0.15, 0.2) is 29.9 Å². The highest BCUT2D eigenvalue weighted by atomic mass is 32.1. The highest BCUT2D eigenvalue weighted by molar-refractivity contribution is 7.09. The van der Waals surface area contributed by atoms with Crippen LogP contribution in [0.1, 0.15) is 10.7 Å². The first-order chi connectivity index (χ1) is 9.65. The van der Waals surface area contributed by atoms with Crippen molar-refractivity contribution in [2.45, 2.75) is 13.5 Å². The van der Waals surface area contributed by atoms with E-state index in [2.05, 4.69) is 15.0 Å². The molecule has 0 unspecified atom stereocenters. The zero-order chi connectivity index (χ0) is 14.1. The first kappa shape index (κ1) is 12.9. The van der Waals surface area contributed by atoms with Crippen LogP contribution in [0.2, 0.25) is 0 Å². The Morgan fingerprint density at radius 3 is 2.90 bits per heavy atom. The summed E-state index contributed by atoms with van der Waals surface area (Å²) < 4.78 is 13.7. The second-order valence-corrected chi connectivity index (χ2v) is 5.61. The van der Waals surface area contributed by atoms with Crippen molar-refractivity contribution < 1.29 is 4.39 Å². The number of rotatable bonds is 3. The molecule has 3 rings (SSSR count). The number of fused-ring (bicyclic) bond motifs is 1. The number of para-hydroxylation sites is 1. The van der Waals surface area contributed by atoms with Gasteiger partial charge in [0.05, 0.1) is 17.2 Å². The number of anilines is 1. The maximum absolute atomic E-state index is 13.7. The number of nitrogens with zero attached hydrogens (tertiary/aromatic N) is 4. The first-order valence-electron chi connectivity index (χ1n) is 6.16. The summed E-state index contributed by atoms with van der Waals surface area (Å²) in [6.07, 6.45) is 1.39. The predicted molar refractivity (Wildman–Crippen MR) is 78.5 cm³/mol. The number of hydrogen-bond donors (Lipinski definition) is 0. The minimum Gasteiger partial charge on any atom is -0.353 e. The van der Waals surface area contributed by atoms with Gasteiger partial charge in [0.1, 0.15) is 23.5 Å². The van der Waals surface area contributed by atoms with Crippen molar-refractivity contribution in [2.24, 2.45) is 0 Å². The maximum atomic E-state index is 13.7. The summed E-state index contributed by atoms with van der Waals surface area (Å²) in [7, 11) is 1.92. The molecule has 0 saturated heterocycles. The van der Waals surface area contributed by atoms with E-state index in [-0.39, 0.29) is 5.82 Å². The lowest BCUT2D eigenvalue weighted by Gasteiger charge is -2.18. The van der Waals surface area contributed by atoms with Gasteiger partial charge in [-0.15, -0.1) is 11.3 Å². The van der Waals surface area contributed by atoms with Crippen LogP contribution in [0, 0.1) is 12.7 Å². The van der Waals surface area contributed by atoms with Crippen LogP contribution >= 0.6 is 11.3 Å². The Hall–Kier alpha value is -2.08. The minimum atomic E-state index is -0.330. The molecule has 0 amide bonds. The van der Waals surface area contributed by atoms with Crippen LogP contribution in [-0.4, -0.2) is 22.0 Å². The Balaban J connectivity index is 1.99. The fourth-order valence-electron chi connectivity index (χ4n) is 2.14. The molecule has 102 valence electrons. The van der Waals surface area contributed by atoms with Crippen LogP contribution in [0.4, 0.5) is 10.2 Å². The number of hydrogen-bond acceptors (Lipinski definition) is 5. The number of aromatic nitrogens is 3. The first-order valence-corrected chi connectivity index (χ1v) is 7.04. The molecule has 1 aromatic carbocycles. The molecule has 0 spiro atoms. The molecule has 0 N–H and O–H groups in total. The van der Waals surface area contributed by atoms with Gasteiger partial charge >= 0.3 is 0 Å². The second-order valence-electron chi connectivity index (χ2n) is 4.55. The number of thiazole rings is 1. The van der Waals surface area contributed by atoms with E-state index < -0.39 is 0 Å². The second kappa shape index (κ2) is 5.13. The molecule has 0 atom stereocenters. The fraction of sp³-hybridized carbons (Fsp3) is 0.214. The van der Waals surface area contributed by atoms with E-state index in [1.165, 1.54) is 12.4 Å². The van der Waals surface area contributed by atoms with Crippen molar-refractivity contribution in [2.75, 3.05) is 11.9 Å². The summed E-state index contributed by atoms with van der Waals surface area (Å²) >= 11 is 1.62. The summed E-state index contributed by atoms with van der Waals surface area (Å²) in [5.74, 6) is 0.379. The molecule has 2 aromatic heterocycles. The SMILES string of the molecule is Cc1nc(CN(C)c2ncnc3c(F)cccc23)cs1. The Morgan fingerprint density at radius 1 is 1.30 bits per heavy atom. The van der Waals surface area contributed by atoms with Crippen LogP contribution in [0.5, 0.6) is 0 Å². The van der Waals surface area contributed by atoms with E-state index in [1.807, 2.05) is 30.3 Å². The molecule has 3 aromatic rings. The quantitative estimate of drug-likeness (QED) is 0.742. The van der Waals surface area contributed by atoms with Crippen LogP contribution in [-0.2, 0) is 6.54 Å². The Bertz CT molecular complexity index is 756. The van der Waals surface area contributed by atoms with Crippen molar-refractivity contribution in [3.8, 4) is 0 Å². The monoisotopic (exact) mass is 288 g/mol. The van der Waals surface area contributed by atoms with Gasteiger partial charge in [-0.1, -0.05) is 6.07 Å². The van der Waals surface area contributed by atoms with Crippen molar-refractivity contribution in [1.29, 1.82) is 0 Å². The fourth-order valence-corrected chi connectivity index (χ4v) is 2.74. The van der Waals surface area contributed by atoms with E-state index in [9.17, 15) is 4.39 Å². The Morgan fingerprint density at radius 2 is 2.15 bits per heavy atom. The Kier molecular flexibility index (Phi) is 3.31. The molecule has 2 heterocycles. The third-order valence-electron chi connectivity index (χ3n) is 3.02. The van der Waals surface area contributed by atoms with E-state index in [1.54, 1.807) is 17.4 Å². The molecule has 0 saturated carbocycles.